The highest BCUT2D eigenvalue weighted by molar-refractivity contribution is 6.31. The number of carboxylic acids is 1. The zero-order chi connectivity index (χ0) is 17.0. The van der Waals surface area contributed by atoms with Crippen LogP contribution < -0.4 is 5.32 Å². The molecule has 1 amide bonds. The first kappa shape index (κ1) is 17.1. The predicted octanol–water partition coefficient (Wildman–Crippen LogP) is 3.27. The van der Waals surface area contributed by atoms with Gasteiger partial charge in [0.05, 0.1) is 18.4 Å². The van der Waals surface area contributed by atoms with Crippen LogP contribution in [0.1, 0.15) is 27.2 Å². The lowest BCUT2D eigenvalue weighted by atomic mass is 10.1. The number of aryl methyl sites for hydroxylation is 1. The highest BCUT2D eigenvalue weighted by Gasteiger charge is 2.20. The number of hydrogen-bond donors (Lipinski definition) is 2. The van der Waals surface area contributed by atoms with Crippen LogP contribution in [0.15, 0.2) is 28.9 Å². The number of carbonyl (C=O) groups excluding carboxylic acids is 1. The van der Waals surface area contributed by atoms with Gasteiger partial charge in [0.2, 0.25) is 0 Å². The van der Waals surface area contributed by atoms with Crippen molar-refractivity contribution in [1.82, 2.24) is 0 Å². The molecule has 7 heteroatoms. The van der Waals surface area contributed by atoms with Crippen LogP contribution in [0.3, 0.4) is 0 Å². The predicted molar refractivity (Wildman–Crippen MR) is 84.9 cm³/mol. The number of furan rings is 1. The van der Waals surface area contributed by atoms with Gasteiger partial charge in [0.15, 0.2) is 0 Å². The van der Waals surface area contributed by atoms with E-state index in [0.717, 1.165) is 5.56 Å². The standard InChI is InChI=1S/C16H16ClNO5/c1-9-7-23-13(6-14(19)20)15(9)16(21)18-11-3-4-12(17)10(5-11)8-22-2/h3-5,7H,6,8H2,1-2H3,(H,18,21)(H,19,20). The summed E-state index contributed by atoms with van der Waals surface area (Å²) in [5, 5.41) is 12.1. The molecule has 2 aromatic rings. The van der Waals surface area contributed by atoms with Crippen LogP contribution in [-0.4, -0.2) is 24.1 Å². The van der Waals surface area contributed by atoms with Gasteiger partial charge in [-0.2, -0.15) is 0 Å². The van der Waals surface area contributed by atoms with Crippen LogP contribution in [0, 0.1) is 6.92 Å². The third kappa shape index (κ3) is 4.12. The first-order valence-corrected chi connectivity index (χ1v) is 7.17. The Balaban J connectivity index is 2.24. The number of benzene rings is 1. The van der Waals surface area contributed by atoms with Crippen LogP contribution in [0.4, 0.5) is 5.69 Å². The van der Waals surface area contributed by atoms with Crippen molar-refractivity contribution in [3.05, 3.63) is 51.9 Å². The molecule has 1 aromatic heterocycles. The Morgan fingerprint density at radius 3 is 2.78 bits per heavy atom. The van der Waals surface area contributed by atoms with E-state index in [2.05, 4.69) is 5.32 Å². The lowest BCUT2D eigenvalue weighted by Crippen LogP contribution is -2.15. The maximum absolute atomic E-state index is 12.4. The molecule has 0 unspecified atom stereocenters. The summed E-state index contributed by atoms with van der Waals surface area (Å²) in [5.41, 5.74) is 2.08. The zero-order valence-electron chi connectivity index (χ0n) is 12.7. The Bertz CT molecular complexity index is 738. The Labute approximate surface area is 138 Å². The monoisotopic (exact) mass is 337 g/mol. The number of hydrogen-bond acceptors (Lipinski definition) is 4. The summed E-state index contributed by atoms with van der Waals surface area (Å²) in [6.45, 7) is 2.00. The summed E-state index contributed by atoms with van der Waals surface area (Å²) >= 11 is 6.05. The van der Waals surface area contributed by atoms with Crippen LogP contribution in [0.2, 0.25) is 5.02 Å². The van der Waals surface area contributed by atoms with Gasteiger partial charge >= 0.3 is 5.97 Å². The smallest absolute Gasteiger partial charge is 0.311 e. The number of rotatable bonds is 6. The van der Waals surface area contributed by atoms with Crippen molar-refractivity contribution in [1.29, 1.82) is 0 Å². The number of carboxylic acid groups (broad SMARTS) is 1. The molecule has 122 valence electrons. The molecule has 0 aliphatic heterocycles. The van der Waals surface area contributed by atoms with Crippen LogP contribution in [0.5, 0.6) is 0 Å². The molecule has 0 aliphatic rings. The molecule has 0 aliphatic carbocycles. The minimum absolute atomic E-state index is 0.124. The van der Waals surface area contributed by atoms with E-state index in [1.165, 1.54) is 6.26 Å². The normalized spacial score (nSPS) is 10.6. The molecule has 2 N–H and O–H groups in total. The van der Waals surface area contributed by atoms with Crippen molar-refractivity contribution in [2.24, 2.45) is 0 Å². The van der Waals surface area contributed by atoms with Gasteiger partial charge < -0.3 is 19.6 Å². The molecule has 0 saturated heterocycles. The molecular weight excluding hydrogens is 322 g/mol. The number of halogens is 1. The van der Waals surface area contributed by atoms with E-state index >= 15 is 0 Å². The highest BCUT2D eigenvalue weighted by atomic mass is 35.5. The Hall–Kier alpha value is -2.31. The fraction of sp³-hybridized carbons (Fsp3) is 0.250. The van der Waals surface area contributed by atoms with E-state index in [1.807, 2.05) is 0 Å². The fourth-order valence-electron chi connectivity index (χ4n) is 2.18. The molecule has 0 radical (unpaired) electrons. The lowest BCUT2D eigenvalue weighted by Gasteiger charge is -2.09. The lowest BCUT2D eigenvalue weighted by molar-refractivity contribution is -0.136. The van der Waals surface area contributed by atoms with E-state index in [-0.39, 0.29) is 17.7 Å². The Kier molecular flexibility index (Phi) is 5.41. The third-order valence-electron chi connectivity index (χ3n) is 3.19. The van der Waals surface area contributed by atoms with Crippen molar-refractivity contribution in [2.75, 3.05) is 12.4 Å². The van der Waals surface area contributed by atoms with Gasteiger partial charge in [-0.25, -0.2) is 0 Å². The molecule has 23 heavy (non-hydrogen) atoms. The first-order valence-electron chi connectivity index (χ1n) is 6.79. The van der Waals surface area contributed by atoms with Crippen LogP contribution in [-0.2, 0) is 22.6 Å². The number of ether oxygens (including phenoxy) is 1. The summed E-state index contributed by atoms with van der Waals surface area (Å²) in [6, 6.07) is 5.02. The summed E-state index contributed by atoms with van der Waals surface area (Å²) in [5.74, 6) is -1.38. The van der Waals surface area contributed by atoms with Crippen LogP contribution >= 0.6 is 11.6 Å². The average Bonchev–Trinajstić information content (AvgIpc) is 2.83. The maximum atomic E-state index is 12.4. The minimum Gasteiger partial charge on any atom is -0.481 e. The molecule has 0 atom stereocenters. The molecule has 0 fully saturated rings. The van der Waals surface area contributed by atoms with Gasteiger partial charge in [0.1, 0.15) is 12.2 Å². The molecule has 0 saturated carbocycles. The van der Waals surface area contributed by atoms with Crippen molar-refractivity contribution < 1.29 is 23.8 Å². The summed E-state index contributed by atoms with van der Waals surface area (Å²) < 4.78 is 10.2. The molecule has 1 aromatic carbocycles. The second-order valence-electron chi connectivity index (χ2n) is 4.98. The first-order chi connectivity index (χ1) is 10.9. The van der Waals surface area contributed by atoms with E-state index in [4.69, 9.17) is 25.9 Å². The van der Waals surface area contributed by atoms with Gasteiger partial charge in [-0.3, -0.25) is 9.59 Å². The molecular formula is C16H16ClNO5. The molecule has 0 bridgehead atoms. The summed E-state index contributed by atoms with van der Waals surface area (Å²) in [6.07, 6.45) is 1.01. The molecule has 0 spiro atoms. The largest absolute Gasteiger partial charge is 0.481 e. The van der Waals surface area contributed by atoms with Crippen molar-refractivity contribution in [3.8, 4) is 0 Å². The number of anilines is 1. The van der Waals surface area contributed by atoms with Gasteiger partial charge in [0, 0.05) is 23.4 Å². The average molecular weight is 338 g/mol. The van der Waals surface area contributed by atoms with Crippen molar-refractivity contribution in [2.45, 2.75) is 20.0 Å². The van der Waals surface area contributed by atoms with Crippen molar-refractivity contribution >= 4 is 29.2 Å². The quantitative estimate of drug-likeness (QED) is 0.844. The minimum atomic E-state index is -1.07. The number of amides is 1. The number of carbonyl (C=O) groups is 2. The Morgan fingerprint density at radius 2 is 2.13 bits per heavy atom. The number of methoxy groups -OCH3 is 1. The molecule has 2 rings (SSSR count). The summed E-state index contributed by atoms with van der Waals surface area (Å²) in [4.78, 5) is 23.3. The van der Waals surface area contributed by atoms with Gasteiger partial charge in [-0.1, -0.05) is 11.6 Å². The highest BCUT2D eigenvalue weighted by Crippen LogP contribution is 2.23. The van der Waals surface area contributed by atoms with E-state index < -0.39 is 11.9 Å². The molecule has 6 nitrogen and oxygen atoms in total. The second kappa shape index (κ2) is 7.30. The van der Waals surface area contributed by atoms with E-state index in [9.17, 15) is 9.59 Å². The van der Waals surface area contributed by atoms with Gasteiger partial charge in [-0.05, 0) is 30.7 Å². The number of aliphatic carboxylic acids is 1. The van der Waals surface area contributed by atoms with E-state index in [0.29, 0.717) is 22.9 Å². The van der Waals surface area contributed by atoms with E-state index in [1.54, 1.807) is 32.2 Å². The second-order valence-corrected chi connectivity index (χ2v) is 5.39. The topological polar surface area (TPSA) is 88.8 Å². The van der Waals surface area contributed by atoms with Gasteiger partial charge in [0.25, 0.3) is 5.91 Å². The van der Waals surface area contributed by atoms with Crippen molar-refractivity contribution in [3.63, 3.8) is 0 Å². The SMILES string of the molecule is COCc1cc(NC(=O)c2c(C)coc2CC(=O)O)ccc1Cl. The van der Waals surface area contributed by atoms with Crippen LogP contribution in [0.25, 0.3) is 0 Å². The fourth-order valence-corrected chi connectivity index (χ4v) is 2.35. The van der Waals surface area contributed by atoms with Gasteiger partial charge in [-0.15, -0.1) is 0 Å². The summed E-state index contributed by atoms with van der Waals surface area (Å²) in [7, 11) is 1.55. The zero-order valence-corrected chi connectivity index (χ0v) is 13.4. The third-order valence-corrected chi connectivity index (χ3v) is 3.56. The Morgan fingerprint density at radius 1 is 1.39 bits per heavy atom. The number of nitrogens with one attached hydrogen (secondary N) is 1. The maximum Gasteiger partial charge on any atom is 0.311 e. The molecule has 1 heterocycles.